The quantitative estimate of drug-likeness (QED) is 0.546. The number of urea groups is 1. The molecular weight excluding hydrogens is 452 g/mol. The highest BCUT2D eigenvalue weighted by Crippen LogP contribution is 2.37. The Bertz CT molecular complexity index is 1050. The third-order valence-electron chi connectivity index (χ3n) is 7.80. The number of nitrogens with zero attached hydrogens (tertiary/aromatic N) is 3. The van der Waals surface area contributed by atoms with Crippen molar-refractivity contribution >= 4 is 17.8 Å². The van der Waals surface area contributed by atoms with Crippen LogP contribution in [0.4, 0.5) is 4.79 Å². The largest absolute Gasteiger partial charge is 0.342 e. The van der Waals surface area contributed by atoms with Crippen LogP contribution < -0.4 is 5.32 Å². The van der Waals surface area contributed by atoms with Crippen LogP contribution in [-0.2, 0) is 16.0 Å². The van der Waals surface area contributed by atoms with Gasteiger partial charge in [0, 0.05) is 26.2 Å². The van der Waals surface area contributed by atoms with Gasteiger partial charge in [0.2, 0.25) is 5.91 Å². The van der Waals surface area contributed by atoms with Crippen molar-refractivity contribution in [1.29, 1.82) is 0 Å². The van der Waals surface area contributed by atoms with Gasteiger partial charge in [-0.2, -0.15) is 0 Å². The van der Waals surface area contributed by atoms with Crippen molar-refractivity contribution in [3.63, 3.8) is 0 Å². The number of amides is 4. The number of hydrogen-bond acceptors (Lipinski definition) is 4. The summed E-state index contributed by atoms with van der Waals surface area (Å²) >= 11 is 0. The lowest BCUT2D eigenvalue weighted by Crippen LogP contribution is -2.57. The van der Waals surface area contributed by atoms with E-state index in [1.807, 2.05) is 79.3 Å². The first-order chi connectivity index (χ1) is 17.3. The number of aryl methyl sites for hydroxylation is 1. The number of benzene rings is 2. The predicted octanol–water partition coefficient (Wildman–Crippen LogP) is 3.51. The zero-order chi connectivity index (χ0) is 25.7. The zero-order valence-corrected chi connectivity index (χ0v) is 21.7. The molecule has 2 aliphatic heterocycles. The molecule has 7 heteroatoms. The van der Waals surface area contributed by atoms with Crippen LogP contribution in [0.2, 0.25) is 0 Å². The second-order valence-corrected chi connectivity index (χ2v) is 10.4. The van der Waals surface area contributed by atoms with Gasteiger partial charge in [-0.05, 0) is 63.7 Å². The van der Waals surface area contributed by atoms with E-state index in [1.165, 1.54) is 4.90 Å². The van der Waals surface area contributed by atoms with Gasteiger partial charge < -0.3 is 15.1 Å². The molecule has 0 aromatic heterocycles. The minimum absolute atomic E-state index is 0.0156. The van der Waals surface area contributed by atoms with Gasteiger partial charge in [-0.25, -0.2) is 4.79 Å². The number of likely N-dealkylation sites (tertiary alicyclic amines) is 1. The number of hydrogen-bond donors (Lipinski definition) is 1. The van der Waals surface area contributed by atoms with E-state index in [2.05, 4.69) is 17.4 Å². The first-order valence-corrected chi connectivity index (χ1v) is 13.0. The lowest BCUT2D eigenvalue weighted by molar-refractivity contribution is -0.137. The number of carbonyl (C=O) groups excluding carboxylic acids is 3. The summed E-state index contributed by atoms with van der Waals surface area (Å²) in [7, 11) is 3.87. The first kappa shape index (κ1) is 25.9. The minimum Gasteiger partial charge on any atom is -0.342 e. The van der Waals surface area contributed by atoms with Gasteiger partial charge in [0.05, 0.1) is 5.92 Å². The topological polar surface area (TPSA) is 73.0 Å². The van der Waals surface area contributed by atoms with Crippen molar-refractivity contribution in [2.45, 2.75) is 44.1 Å². The summed E-state index contributed by atoms with van der Waals surface area (Å²) in [5.41, 5.74) is 1.23. The average Bonchev–Trinajstić information content (AvgIpc) is 3.15. The van der Waals surface area contributed by atoms with Crippen LogP contribution in [0.25, 0.3) is 0 Å². The van der Waals surface area contributed by atoms with Gasteiger partial charge in [0.25, 0.3) is 5.91 Å². The molecule has 2 aromatic rings. The molecular formula is C29H38N4O3. The number of carbonyl (C=O) groups is 3. The number of likely N-dealkylation sites (N-methyl/N-ethyl adjacent to an activating group) is 1. The van der Waals surface area contributed by atoms with Gasteiger partial charge in [0.1, 0.15) is 5.54 Å². The van der Waals surface area contributed by atoms with Crippen LogP contribution in [0, 0.1) is 5.92 Å². The molecule has 0 radical (unpaired) electrons. The highest BCUT2D eigenvalue weighted by Gasteiger charge is 2.55. The van der Waals surface area contributed by atoms with E-state index in [0.29, 0.717) is 51.9 Å². The molecule has 4 amide bonds. The van der Waals surface area contributed by atoms with Gasteiger partial charge in [-0.3, -0.25) is 14.5 Å². The summed E-state index contributed by atoms with van der Waals surface area (Å²) < 4.78 is 0. The Balaban J connectivity index is 1.49. The normalized spacial score (nSPS) is 21.7. The van der Waals surface area contributed by atoms with Crippen molar-refractivity contribution < 1.29 is 14.4 Å². The highest BCUT2D eigenvalue weighted by molar-refractivity contribution is 6.07. The Morgan fingerprint density at radius 1 is 1.03 bits per heavy atom. The molecule has 0 spiro atoms. The second-order valence-electron chi connectivity index (χ2n) is 10.4. The van der Waals surface area contributed by atoms with E-state index in [1.54, 1.807) is 0 Å². The van der Waals surface area contributed by atoms with E-state index in [0.717, 1.165) is 11.1 Å². The molecule has 2 atom stereocenters. The summed E-state index contributed by atoms with van der Waals surface area (Å²) in [4.78, 5) is 45.3. The zero-order valence-electron chi connectivity index (χ0n) is 21.7. The van der Waals surface area contributed by atoms with Crippen LogP contribution in [0.1, 0.15) is 43.2 Å². The van der Waals surface area contributed by atoms with E-state index >= 15 is 0 Å². The standard InChI is InChI=1S/C29H38N4O3/c1-22(24-12-8-5-9-13-24)26(34)32-18-15-25(16-19-32)29(17-14-23-10-6-4-7-11-23)27(35)33(28(36)30-29)21-20-31(2)3/h4-13,22,25H,14-21H2,1-3H3,(H,30,36)/t22-,29+/m0/s1. The first-order valence-electron chi connectivity index (χ1n) is 13.0. The van der Waals surface area contributed by atoms with Crippen LogP contribution >= 0.6 is 0 Å². The Morgan fingerprint density at radius 2 is 1.64 bits per heavy atom. The molecule has 2 heterocycles. The van der Waals surface area contributed by atoms with Gasteiger partial charge in [-0.1, -0.05) is 60.7 Å². The van der Waals surface area contributed by atoms with Gasteiger partial charge in [-0.15, -0.1) is 0 Å². The molecule has 0 aliphatic carbocycles. The average molecular weight is 491 g/mol. The SMILES string of the molecule is C[C@H](C(=O)N1CCC([C@@]2(CCc3ccccc3)NC(=O)N(CCN(C)C)C2=O)CC1)c1ccccc1. The lowest BCUT2D eigenvalue weighted by atomic mass is 9.74. The Kier molecular flexibility index (Phi) is 8.09. The molecule has 36 heavy (non-hydrogen) atoms. The molecule has 0 unspecified atom stereocenters. The molecule has 7 nitrogen and oxygen atoms in total. The minimum atomic E-state index is -0.931. The molecule has 192 valence electrons. The van der Waals surface area contributed by atoms with Crippen molar-refractivity contribution in [2.24, 2.45) is 5.92 Å². The highest BCUT2D eigenvalue weighted by atomic mass is 16.2. The number of nitrogens with one attached hydrogen (secondary N) is 1. The predicted molar refractivity (Wildman–Crippen MR) is 140 cm³/mol. The van der Waals surface area contributed by atoms with Crippen LogP contribution in [-0.4, -0.2) is 78.4 Å². The molecule has 0 bridgehead atoms. The van der Waals surface area contributed by atoms with Crippen molar-refractivity contribution in [2.75, 3.05) is 40.3 Å². The Hall–Kier alpha value is -3.19. The molecule has 0 saturated carbocycles. The van der Waals surface area contributed by atoms with Gasteiger partial charge >= 0.3 is 6.03 Å². The van der Waals surface area contributed by atoms with E-state index in [9.17, 15) is 14.4 Å². The second kappa shape index (κ2) is 11.2. The third-order valence-corrected chi connectivity index (χ3v) is 7.80. The number of imide groups is 1. The van der Waals surface area contributed by atoms with Crippen molar-refractivity contribution in [3.05, 3.63) is 71.8 Å². The maximum absolute atomic E-state index is 13.8. The van der Waals surface area contributed by atoms with E-state index in [4.69, 9.17) is 0 Å². The van der Waals surface area contributed by atoms with E-state index < -0.39 is 5.54 Å². The summed E-state index contributed by atoms with van der Waals surface area (Å²) in [6, 6.07) is 19.6. The molecule has 2 aliphatic rings. The fourth-order valence-electron chi connectivity index (χ4n) is 5.54. The Morgan fingerprint density at radius 3 is 2.25 bits per heavy atom. The van der Waals surface area contributed by atoms with Crippen molar-refractivity contribution in [1.82, 2.24) is 20.0 Å². The Labute approximate surface area is 214 Å². The summed E-state index contributed by atoms with van der Waals surface area (Å²) in [6.45, 7) is 4.13. The molecule has 2 aromatic carbocycles. The molecule has 2 fully saturated rings. The summed E-state index contributed by atoms with van der Waals surface area (Å²) in [5, 5.41) is 3.14. The van der Waals surface area contributed by atoms with Crippen molar-refractivity contribution in [3.8, 4) is 0 Å². The molecule has 4 rings (SSSR count). The summed E-state index contributed by atoms with van der Waals surface area (Å²) in [5.74, 6) is -0.220. The van der Waals surface area contributed by atoms with Crippen LogP contribution in [0.15, 0.2) is 60.7 Å². The third kappa shape index (κ3) is 5.46. The number of rotatable bonds is 9. The molecule has 1 N–H and O–H groups in total. The maximum atomic E-state index is 13.8. The fraction of sp³-hybridized carbons (Fsp3) is 0.483. The monoisotopic (exact) mass is 490 g/mol. The summed E-state index contributed by atoms with van der Waals surface area (Å²) in [6.07, 6.45) is 2.64. The van der Waals surface area contributed by atoms with Crippen LogP contribution in [0.3, 0.4) is 0 Å². The van der Waals surface area contributed by atoms with Gasteiger partial charge in [0.15, 0.2) is 0 Å². The fourth-order valence-corrected chi connectivity index (χ4v) is 5.54. The maximum Gasteiger partial charge on any atom is 0.325 e. The molecule has 2 saturated heterocycles. The van der Waals surface area contributed by atoms with Crippen LogP contribution in [0.5, 0.6) is 0 Å². The van der Waals surface area contributed by atoms with E-state index in [-0.39, 0.29) is 29.7 Å². The number of piperidine rings is 1. The lowest BCUT2D eigenvalue weighted by Gasteiger charge is -2.41. The smallest absolute Gasteiger partial charge is 0.325 e.